The molecule has 0 aliphatic heterocycles. The van der Waals surface area contributed by atoms with Gasteiger partial charge in [0.1, 0.15) is 0 Å². The van der Waals surface area contributed by atoms with Crippen LogP contribution in [0.5, 0.6) is 0 Å². The first-order chi connectivity index (χ1) is 12.1. The summed E-state index contributed by atoms with van der Waals surface area (Å²) in [6.45, 7) is 13.6. The Bertz CT molecular complexity index is 817. The lowest BCUT2D eigenvalue weighted by Gasteiger charge is -2.27. The monoisotopic (exact) mass is 382 g/mol. The van der Waals surface area contributed by atoms with Crippen molar-refractivity contribution in [3.05, 3.63) is 64.7 Å². The van der Waals surface area contributed by atoms with Crippen molar-refractivity contribution < 1.29 is 0 Å². The summed E-state index contributed by atoms with van der Waals surface area (Å²) in [5.41, 5.74) is 9.02. The predicted octanol–water partition coefficient (Wildman–Crippen LogP) is 7.91. The first kappa shape index (κ1) is 19.4. The number of benzene rings is 2. The Kier molecular flexibility index (Phi) is 5.25. The third-order valence-electron chi connectivity index (χ3n) is 5.44. The van der Waals surface area contributed by atoms with E-state index in [0.717, 1.165) is 6.42 Å². The van der Waals surface area contributed by atoms with Crippen molar-refractivity contribution in [1.82, 2.24) is 0 Å². The first-order valence-corrected chi connectivity index (χ1v) is 13.8. The molecule has 0 spiro atoms. The molecule has 0 heterocycles. The maximum Gasteiger partial charge on any atom is 0.161 e. The Morgan fingerprint density at radius 1 is 1.00 bits per heavy atom. The first-order valence-electron chi connectivity index (χ1n) is 9.76. The van der Waals surface area contributed by atoms with E-state index in [1.54, 1.807) is 0 Å². The molecule has 26 heavy (non-hydrogen) atoms. The van der Waals surface area contributed by atoms with Crippen LogP contribution in [0.4, 0.5) is 0 Å². The van der Waals surface area contributed by atoms with Crippen LogP contribution in [-0.4, -0.2) is 7.38 Å². The minimum atomic E-state index is -1.83. The highest BCUT2D eigenvalue weighted by molar-refractivity contribution is 7.20. The van der Waals surface area contributed by atoms with Crippen molar-refractivity contribution in [2.24, 2.45) is 0 Å². The van der Waals surface area contributed by atoms with Crippen LogP contribution in [0.2, 0.25) is 13.1 Å². The van der Waals surface area contributed by atoms with Gasteiger partial charge in [-0.25, -0.2) is 0 Å². The molecule has 1 aliphatic carbocycles. The second kappa shape index (κ2) is 7.02. The second-order valence-electron chi connectivity index (χ2n) is 9.10. The van der Waals surface area contributed by atoms with Gasteiger partial charge in [0.2, 0.25) is 0 Å². The molecule has 0 saturated heterocycles. The Hall–Kier alpha value is -1.31. The van der Waals surface area contributed by atoms with Gasteiger partial charge < -0.3 is 0 Å². The molecule has 2 aromatic carbocycles. The fourth-order valence-corrected chi connectivity index (χ4v) is 7.06. The normalized spacial score (nSPS) is 17.2. The van der Waals surface area contributed by atoms with Gasteiger partial charge in [0.05, 0.1) is 0 Å². The van der Waals surface area contributed by atoms with Crippen molar-refractivity contribution in [3.63, 3.8) is 0 Å². The molecular formula is C24H31ClSi. The van der Waals surface area contributed by atoms with Crippen LogP contribution >= 0.6 is 11.1 Å². The average molecular weight is 383 g/mol. The Balaban J connectivity index is 2.09. The number of fused-ring (bicyclic) bond motifs is 1. The maximum atomic E-state index is 6.97. The predicted molar refractivity (Wildman–Crippen MR) is 120 cm³/mol. The zero-order valence-electron chi connectivity index (χ0n) is 17.0. The quantitative estimate of drug-likeness (QED) is 0.372. The van der Waals surface area contributed by atoms with Crippen LogP contribution in [0.15, 0.2) is 48.0 Å². The van der Waals surface area contributed by atoms with Gasteiger partial charge in [-0.05, 0) is 39.7 Å². The van der Waals surface area contributed by atoms with Gasteiger partial charge >= 0.3 is 0 Å². The van der Waals surface area contributed by atoms with Gasteiger partial charge in [0.15, 0.2) is 7.38 Å². The SMILES string of the molecule is CCCC1=Cc2c(-c3ccc(C(C)(C)C)cc3)cccc2C1[Si](C)(C)Cl. The summed E-state index contributed by atoms with van der Waals surface area (Å²) in [4.78, 5) is 0. The van der Waals surface area contributed by atoms with E-state index >= 15 is 0 Å². The topological polar surface area (TPSA) is 0 Å². The fourth-order valence-electron chi connectivity index (χ4n) is 4.18. The van der Waals surface area contributed by atoms with Crippen molar-refractivity contribution in [3.8, 4) is 11.1 Å². The molecule has 0 nitrogen and oxygen atoms in total. The van der Waals surface area contributed by atoms with Crippen molar-refractivity contribution >= 4 is 24.5 Å². The van der Waals surface area contributed by atoms with E-state index in [2.05, 4.69) is 89.3 Å². The zero-order chi connectivity index (χ0) is 19.1. The molecule has 1 aliphatic rings. The summed E-state index contributed by atoms with van der Waals surface area (Å²) in [7, 11) is -1.83. The summed E-state index contributed by atoms with van der Waals surface area (Å²) >= 11 is 6.97. The van der Waals surface area contributed by atoms with Crippen LogP contribution in [0.1, 0.15) is 62.8 Å². The number of hydrogen-bond donors (Lipinski definition) is 0. The van der Waals surface area contributed by atoms with Gasteiger partial charge in [-0.2, -0.15) is 11.1 Å². The van der Waals surface area contributed by atoms with Gasteiger partial charge in [-0.3, -0.25) is 0 Å². The lowest BCUT2D eigenvalue weighted by atomic mass is 9.86. The third-order valence-corrected chi connectivity index (χ3v) is 8.15. The summed E-state index contributed by atoms with van der Waals surface area (Å²) in [6, 6.07) is 15.9. The summed E-state index contributed by atoms with van der Waals surface area (Å²) in [6.07, 6.45) is 4.76. The lowest BCUT2D eigenvalue weighted by Crippen LogP contribution is -2.28. The smallest absolute Gasteiger partial charge is 0.161 e. The fraction of sp³-hybridized carbons (Fsp3) is 0.417. The molecule has 138 valence electrons. The number of rotatable bonds is 4. The van der Waals surface area contributed by atoms with Crippen molar-refractivity contribution in [2.45, 2.75) is 64.6 Å². The van der Waals surface area contributed by atoms with Crippen LogP contribution in [-0.2, 0) is 5.41 Å². The minimum Gasteiger partial charge on any atom is -0.167 e. The Morgan fingerprint density at radius 3 is 2.19 bits per heavy atom. The molecule has 0 N–H and O–H groups in total. The average Bonchev–Trinajstić information content (AvgIpc) is 2.92. The van der Waals surface area contributed by atoms with Gasteiger partial charge in [0, 0.05) is 5.54 Å². The van der Waals surface area contributed by atoms with E-state index in [9.17, 15) is 0 Å². The highest BCUT2D eigenvalue weighted by Gasteiger charge is 2.38. The molecular weight excluding hydrogens is 352 g/mol. The lowest BCUT2D eigenvalue weighted by molar-refractivity contribution is 0.590. The molecule has 0 radical (unpaired) electrons. The molecule has 0 amide bonds. The molecule has 3 rings (SSSR count). The Morgan fingerprint density at radius 2 is 1.65 bits per heavy atom. The zero-order valence-corrected chi connectivity index (χ0v) is 18.7. The van der Waals surface area contributed by atoms with E-state index < -0.39 is 7.38 Å². The minimum absolute atomic E-state index is 0.185. The summed E-state index contributed by atoms with van der Waals surface area (Å²) < 4.78 is 0. The number of halogens is 1. The number of hydrogen-bond acceptors (Lipinski definition) is 0. The summed E-state index contributed by atoms with van der Waals surface area (Å²) in [5, 5.41) is 0. The summed E-state index contributed by atoms with van der Waals surface area (Å²) in [5.74, 6) is 0. The third kappa shape index (κ3) is 3.70. The largest absolute Gasteiger partial charge is 0.167 e. The van der Waals surface area contributed by atoms with Gasteiger partial charge in [-0.15, -0.1) is 0 Å². The van der Waals surface area contributed by atoms with E-state index in [0.29, 0.717) is 5.54 Å². The molecule has 0 fully saturated rings. The van der Waals surface area contributed by atoms with Crippen LogP contribution in [0, 0.1) is 0 Å². The second-order valence-corrected chi connectivity index (χ2v) is 15.7. The standard InChI is InChI=1S/C24H31ClSi/c1-7-9-18-16-22-20(10-8-11-21(22)23(18)26(5,6)25)17-12-14-19(15-13-17)24(2,3)4/h8,10-16,23H,7,9H2,1-6H3. The Labute approximate surface area is 165 Å². The molecule has 2 heteroatoms. The number of allylic oxidation sites excluding steroid dienone is 1. The molecule has 0 aromatic heterocycles. The highest BCUT2D eigenvalue weighted by atomic mass is 35.6. The van der Waals surface area contributed by atoms with Gasteiger partial charge in [0.25, 0.3) is 0 Å². The molecule has 1 atom stereocenters. The van der Waals surface area contributed by atoms with E-state index in [1.165, 1.54) is 39.8 Å². The van der Waals surface area contributed by atoms with Crippen LogP contribution in [0.3, 0.4) is 0 Å². The molecule has 0 bridgehead atoms. The maximum absolute atomic E-state index is 6.97. The van der Waals surface area contributed by atoms with Crippen molar-refractivity contribution in [2.75, 3.05) is 0 Å². The molecule has 0 saturated carbocycles. The van der Waals surface area contributed by atoms with Crippen LogP contribution in [0.25, 0.3) is 17.2 Å². The van der Waals surface area contributed by atoms with E-state index in [4.69, 9.17) is 11.1 Å². The van der Waals surface area contributed by atoms with Crippen LogP contribution < -0.4 is 0 Å². The van der Waals surface area contributed by atoms with Gasteiger partial charge in [-0.1, -0.05) is 101 Å². The van der Waals surface area contributed by atoms with E-state index in [-0.39, 0.29) is 5.41 Å². The van der Waals surface area contributed by atoms with E-state index in [1.807, 2.05) is 0 Å². The van der Waals surface area contributed by atoms with Crippen molar-refractivity contribution in [1.29, 1.82) is 0 Å². The molecule has 2 aromatic rings. The molecule has 1 unspecified atom stereocenters. The highest BCUT2D eigenvalue weighted by Crippen LogP contribution is 2.48.